The van der Waals surface area contributed by atoms with E-state index >= 15 is 0 Å². The van der Waals surface area contributed by atoms with Crippen molar-refractivity contribution in [2.24, 2.45) is 5.14 Å². The summed E-state index contributed by atoms with van der Waals surface area (Å²) < 4.78 is 27.3. The van der Waals surface area contributed by atoms with Crippen LogP contribution in [0.3, 0.4) is 0 Å². The number of sulfonamides is 1. The molecule has 0 saturated heterocycles. The molecule has 0 aliphatic carbocycles. The molecule has 1 amide bonds. The molecule has 0 saturated carbocycles. The molecule has 6 nitrogen and oxygen atoms in total. The molecule has 0 aliphatic rings. The predicted octanol–water partition coefficient (Wildman–Crippen LogP) is 1.63. The quantitative estimate of drug-likeness (QED) is 0.804. The highest BCUT2D eigenvalue weighted by Crippen LogP contribution is 2.11. The third kappa shape index (κ3) is 6.60. The van der Waals surface area contributed by atoms with E-state index in [1.54, 1.807) is 24.3 Å². The van der Waals surface area contributed by atoms with Crippen LogP contribution < -0.4 is 10.5 Å². The molecule has 0 bridgehead atoms. The Balaban J connectivity index is 1.79. The number of hydrogen-bond donors (Lipinski definition) is 2. The Morgan fingerprint density at radius 3 is 2.26 bits per heavy atom. The van der Waals surface area contributed by atoms with Crippen LogP contribution >= 0.6 is 0 Å². The summed E-state index contributed by atoms with van der Waals surface area (Å²) in [5.41, 5.74) is 2.12. The van der Waals surface area contributed by atoms with Gasteiger partial charge in [-0.1, -0.05) is 42.5 Å². The van der Waals surface area contributed by atoms with Crippen LogP contribution in [0.2, 0.25) is 0 Å². The van der Waals surface area contributed by atoms with Crippen molar-refractivity contribution in [1.29, 1.82) is 0 Å². The van der Waals surface area contributed by atoms with E-state index in [4.69, 9.17) is 9.88 Å². The van der Waals surface area contributed by atoms with Crippen LogP contribution in [-0.2, 0) is 31.9 Å². The van der Waals surface area contributed by atoms with Gasteiger partial charge in [-0.05, 0) is 23.3 Å². The summed E-state index contributed by atoms with van der Waals surface area (Å²) in [4.78, 5) is 11.8. The van der Waals surface area contributed by atoms with Gasteiger partial charge in [-0.3, -0.25) is 4.79 Å². The molecule has 2 rings (SSSR count). The fourth-order valence-corrected chi connectivity index (χ4v) is 2.61. The van der Waals surface area contributed by atoms with Gasteiger partial charge in [0, 0.05) is 5.69 Å². The highest BCUT2D eigenvalue weighted by atomic mass is 32.2. The van der Waals surface area contributed by atoms with Crippen molar-refractivity contribution in [1.82, 2.24) is 0 Å². The lowest BCUT2D eigenvalue weighted by molar-refractivity contribution is -0.121. The van der Waals surface area contributed by atoms with E-state index in [0.717, 1.165) is 5.56 Å². The lowest BCUT2D eigenvalue weighted by Crippen LogP contribution is -2.18. The first-order valence-electron chi connectivity index (χ1n) is 6.93. The van der Waals surface area contributed by atoms with Crippen molar-refractivity contribution in [3.05, 3.63) is 65.7 Å². The molecule has 0 spiro atoms. The molecule has 0 atom stereocenters. The number of ether oxygens (including phenoxy) is 1. The topological polar surface area (TPSA) is 98.5 Å². The molecule has 23 heavy (non-hydrogen) atoms. The van der Waals surface area contributed by atoms with Gasteiger partial charge in [0.15, 0.2) is 0 Å². The minimum Gasteiger partial charge on any atom is -0.367 e. The number of amides is 1. The average molecular weight is 334 g/mol. The van der Waals surface area contributed by atoms with E-state index in [-0.39, 0.29) is 18.3 Å². The molecular weight excluding hydrogens is 316 g/mol. The Bertz CT molecular complexity index is 743. The van der Waals surface area contributed by atoms with Gasteiger partial charge in [0.05, 0.1) is 12.4 Å². The summed E-state index contributed by atoms with van der Waals surface area (Å²) in [5.74, 6) is -0.512. The Morgan fingerprint density at radius 1 is 1.00 bits per heavy atom. The first-order chi connectivity index (χ1) is 10.9. The number of nitrogens with two attached hydrogens (primary N) is 1. The van der Waals surface area contributed by atoms with Crippen molar-refractivity contribution in [2.75, 3.05) is 11.9 Å². The molecule has 0 radical (unpaired) electrons. The predicted molar refractivity (Wildman–Crippen MR) is 88.0 cm³/mol. The van der Waals surface area contributed by atoms with Gasteiger partial charge in [0.1, 0.15) is 6.61 Å². The molecule has 2 aromatic carbocycles. The highest BCUT2D eigenvalue weighted by molar-refractivity contribution is 7.88. The monoisotopic (exact) mass is 334 g/mol. The molecule has 0 aromatic heterocycles. The van der Waals surface area contributed by atoms with Gasteiger partial charge < -0.3 is 10.1 Å². The molecule has 7 heteroatoms. The van der Waals surface area contributed by atoms with Crippen LogP contribution in [0, 0.1) is 0 Å². The van der Waals surface area contributed by atoms with Crippen molar-refractivity contribution >= 4 is 21.6 Å². The van der Waals surface area contributed by atoms with E-state index < -0.39 is 10.0 Å². The van der Waals surface area contributed by atoms with Gasteiger partial charge in [-0.2, -0.15) is 0 Å². The number of hydrogen-bond acceptors (Lipinski definition) is 4. The summed E-state index contributed by atoms with van der Waals surface area (Å²) in [6.07, 6.45) is 0. The van der Waals surface area contributed by atoms with Crippen LogP contribution in [0.4, 0.5) is 5.69 Å². The Kier molecular flexibility index (Phi) is 5.86. The summed E-state index contributed by atoms with van der Waals surface area (Å²) in [7, 11) is -3.56. The molecule has 122 valence electrons. The van der Waals surface area contributed by atoms with Gasteiger partial charge >= 0.3 is 0 Å². The summed E-state index contributed by atoms with van der Waals surface area (Å²) in [6.45, 7) is 0.301. The lowest BCUT2D eigenvalue weighted by Gasteiger charge is -2.07. The largest absolute Gasteiger partial charge is 0.367 e. The van der Waals surface area contributed by atoms with E-state index in [0.29, 0.717) is 17.9 Å². The third-order valence-corrected chi connectivity index (χ3v) is 3.69. The van der Waals surface area contributed by atoms with Crippen LogP contribution in [-0.4, -0.2) is 20.9 Å². The molecule has 0 heterocycles. The second-order valence-corrected chi connectivity index (χ2v) is 6.65. The maximum atomic E-state index is 11.8. The van der Waals surface area contributed by atoms with E-state index in [9.17, 15) is 13.2 Å². The van der Waals surface area contributed by atoms with Crippen LogP contribution in [0.25, 0.3) is 0 Å². The van der Waals surface area contributed by atoms with E-state index in [2.05, 4.69) is 5.32 Å². The van der Waals surface area contributed by atoms with Crippen molar-refractivity contribution < 1.29 is 17.9 Å². The highest BCUT2D eigenvalue weighted by Gasteiger charge is 2.06. The number of carbonyl (C=O) groups excluding carboxylic acids is 1. The van der Waals surface area contributed by atoms with Gasteiger partial charge in [-0.15, -0.1) is 0 Å². The molecule has 2 aromatic rings. The molecule has 0 fully saturated rings. The van der Waals surface area contributed by atoms with E-state index in [1.165, 1.54) is 0 Å². The first-order valence-corrected chi connectivity index (χ1v) is 8.65. The minimum absolute atomic E-state index is 0.0617. The number of carbonyl (C=O) groups is 1. The van der Waals surface area contributed by atoms with Crippen LogP contribution in [0.5, 0.6) is 0 Å². The standard InChI is InChI=1S/C16H18N2O4S/c17-23(20,21)12-14-6-8-15(9-7-14)18-16(19)11-22-10-13-4-2-1-3-5-13/h1-9H,10-12H2,(H,18,19)(H2,17,20,21). The second kappa shape index (κ2) is 7.87. The number of primary sulfonamides is 1. The number of benzene rings is 2. The lowest BCUT2D eigenvalue weighted by atomic mass is 10.2. The number of nitrogens with one attached hydrogen (secondary N) is 1. The molecular formula is C16H18N2O4S. The number of rotatable bonds is 7. The third-order valence-electron chi connectivity index (χ3n) is 2.95. The van der Waals surface area contributed by atoms with Crippen LogP contribution in [0.1, 0.15) is 11.1 Å². The van der Waals surface area contributed by atoms with E-state index in [1.807, 2.05) is 30.3 Å². The zero-order valence-corrected chi connectivity index (χ0v) is 13.3. The smallest absolute Gasteiger partial charge is 0.250 e. The second-order valence-electron chi connectivity index (χ2n) is 5.03. The minimum atomic E-state index is -3.56. The Morgan fingerprint density at radius 2 is 1.65 bits per heavy atom. The molecule has 0 unspecified atom stereocenters. The Labute approximate surface area is 135 Å². The van der Waals surface area contributed by atoms with Gasteiger partial charge in [-0.25, -0.2) is 13.6 Å². The zero-order valence-electron chi connectivity index (χ0n) is 12.4. The summed E-state index contributed by atoms with van der Waals surface area (Å²) in [6, 6.07) is 16.0. The fourth-order valence-electron chi connectivity index (χ4n) is 1.95. The van der Waals surface area contributed by atoms with Gasteiger partial charge in [0.25, 0.3) is 0 Å². The van der Waals surface area contributed by atoms with Crippen molar-refractivity contribution in [3.63, 3.8) is 0 Å². The summed E-state index contributed by atoms with van der Waals surface area (Å²) >= 11 is 0. The maximum Gasteiger partial charge on any atom is 0.250 e. The van der Waals surface area contributed by atoms with Crippen molar-refractivity contribution in [2.45, 2.75) is 12.4 Å². The average Bonchev–Trinajstić information content (AvgIpc) is 2.49. The Hall–Kier alpha value is -2.22. The normalized spacial score (nSPS) is 11.2. The summed E-state index contributed by atoms with van der Waals surface area (Å²) in [5, 5.41) is 7.65. The SMILES string of the molecule is NS(=O)(=O)Cc1ccc(NC(=O)COCc2ccccc2)cc1. The number of anilines is 1. The molecule has 3 N–H and O–H groups in total. The zero-order chi connectivity index (χ0) is 16.7. The van der Waals surface area contributed by atoms with Crippen molar-refractivity contribution in [3.8, 4) is 0 Å². The van der Waals surface area contributed by atoms with Crippen LogP contribution in [0.15, 0.2) is 54.6 Å². The fraction of sp³-hybridized carbons (Fsp3) is 0.188. The first kappa shape index (κ1) is 17.1. The molecule has 0 aliphatic heterocycles. The van der Waals surface area contributed by atoms with Gasteiger partial charge in [0.2, 0.25) is 15.9 Å². The maximum absolute atomic E-state index is 11.8.